The predicted octanol–water partition coefficient (Wildman–Crippen LogP) is 1.35. The van der Waals surface area contributed by atoms with Crippen molar-refractivity contribution in [1.29, 1.82) is 0 Å². The van der Waals surface area contributed by atoms with E-state index in [1.807, 2.05) is 0 Å². The van der Waals surface area contributed by atoms with Crippen LogP contribution in [0.2, 0.25) is 0 Å². The summed E-state index contributed by atoms with van der Waals surface area (Å²) in [5, 5.41) is 0. The summed E-state index contributed by atoms with van der Waals surface area (Å²) in [4.78, 5) is 3.57. The molecule has 1 aromatic heterocycles. The van der Waals surface area contributed by atoms with E-state index in [-0.39, 0.29) is 12.2 Å². The van der Waals surface area contributed by atoms with E-state index in [9.17, 15) is 8.78 Å². The number of hydrogen-bond donors (Lipinski definition) is 0. The van der Waals surface area contributed by atoms with E-state index >= 15 is 0 Å². The molecule has 0 N–H and O–H groups in total. The molecular formula is C7H6BF2NO. The predicted molar refractivity (Wildman–Crippen MR) is 40.3 cm³/mol. The van der Waals surface area contributed by atoms with E-state index in [1.165, 1.54) is 12.3 Å². The maximum Gasteiger partial charge on any atom is 0.388 e. The average molecular weight is 169 g/mol. The Morgan fingerprint density at radius 2 is 2.33 bits per heavy atom. The van der Waals surface area contributed by atoms with Crippen molar-refractivity contribution in [3.63, 3.8) is 0 Å². The van der Waals surface area contributed by atoms with Gasteiger partial charge in [0.15, 0.2) is 0 Å². The number of ether oxygens (including phenoxy) is 1. The fraction of sp³-hybridized carbons (Fsp3) is 0.286. The van der Waals surface area contributed by atoms with Gasteiger partial charge in [0.25, 0.3) is 0 Å². The van der Waals surface area contributed by atoms with Crippen molar-refractivity contribution >= 4 is 7.85 Å². The van der Waals surface area contributed by atoms with E-state index < -0.39 is 6.61 Å². The first-order chi connectivity index (χ1) is 5.72. The van der Waals surface area contributed by atoms with Crippen molar-refractivity contribution in [2.45, 2.75) is 12.9 Å². The molecule has 0 aromatic carbocycles. The summed E-state index contributed by atoms with van der Waals surface area (Å²) in [6.45, 7) is -2.84. The molecule has 1 heterocycles. The monoisotopic (exact) mass is 169 g/mol. The number of pyridine rings is 1. The molecule has 1 aromatic rings. The lowest BCUT2D eigenvalue weighted by Crippen LogP contribution is -2.03. The minimum atomic E-state index is -2.84. The molecule has 12 heavy (non-hydrogen) atoms. The quantitative estimate of drug-likeness (QED) is 0.637. The molecule has 2 radical (unpaired) electrons. The Labute approximate surface area is 70.0 Å². The highest BCUT2D eigenvalue weighted by atomic mass is 19.3. The molecule has 0 unspecified atom stereocenters. The molecule has 5 heteroatoms. The summed E-state index contributed by atoms with van der Waals surface area (Å²) in [5.74, 6) is -0.104. The molecule has 0 aliphatic heterocycles. The lowest BCUT2D eigenvalue weighted by Gasteiger charge is -2.03. The highest BCUT2D eigenvalue weighted by molar-refractivity contribution is 6.08. The van der Waals surface area contributed by atoms with Crippen LogP contribution in [0.25, 0.3) is 0 Å². The number of halogens is 2. The van der Waals surface area contributed by atoms with Gasteiger partial charge in [-0.25, -0.2) is 4.98 Å². The van der Waals surface area contributed by atoms with E-state index in [0.717, 1.165) is 0 Å². The zero-order chi connectivity index (χ0) is 8.97. The molecule has 0 saturated heterocycles. The first kappa shape index (κ1) is 8.97. The Morgan fingerprint density at radius 3 is 2.92 bits per heavy atom. The van der Waals surface area contributed by atoms with Crippen molar-refractivity contribution in [3.05, 3.63) is 23.9 Å². The van der Waals surface area contributed by atoms with Crippen LogP contribution in [0.4, 0.5) is 8.78 Å². The maximum atomic E-state index is 11.7. The van der Waals surface area contributed by atoms with Crippen LogP contribution in [0.3, 0.4) is 0 Å². The zero-order valence-electron chi connectivity index (χ0n) is 6.21. The summed E-state index contributed by atoms with van der Waals surface area (Å²) in [7, 11) is 5.28. The molecule has 0 bridgehead atoms. The Hall–Kier alpha value is -1.13. The van der Waals surface area contributed by atoms with Gasteiger partial charge in [0.1, 0.15) is 0 Å². The van der Waals surface area contributed by atoms with Gasteiger partial charge in [0.05, 0.1) is 7.85 Å². The van der Waals surface area contributed by atoms with Gasteiger partial charge in [-0.1, -0.05) is 6.32 Å². The van der Waals surface area contributed by atoms with Crippen LogP contribution in [0.5, 0.6) is 5.88 Å². The van der Waals surface area contributed by atoms with E-state index in [4.69, 9.17) is 7.85 Å². The smallest absolute Gasteiger partial charge is 0.388 e. The van der Waals surface area contributed by atoms with Gasteiger partial charge in [-0.3, -0.25) is 0 Å². The van der Waals surface area contributed by atoms with E-state index in [0.29, 0.717) is 5.56 Å². The Kier molecular flexibility index (Phi) is 3.02. The highest BCUT2D eigenvalue weighted by Gasteiger charge is 2.04. The summed E-state index contributed by atoms with van der Waals surface area (Å²) >= 11 is 0. The maximum absolute atomic E-state index is 11.7. The molecule has 0 atom stereocenters. The lowest BCUT2D eigenvalue weighted by molar-refractivity contribution is -0.0528. The fourth-order valence-corrected chi connectivity index (χ4v) is 0.733. The average Bonchev–Trinajstić information content (AvgIpc) is 2.03. The van der Waals surface area contributed by atoms with Crippen LogP contribution in [-0.4, -0.2) is 19.4 Å². The van der Waals surface area contributed by atoms with Gasteiger partial charge in [-0.05, 0) is 11.6 Å². The minimum absolute atomic E-state index is 0.104. The van der Waals surface area contributed by atoms with Crippen LogP contribution in [0, 0.1) is 0 Å². The second kappa shape index (κ2) is 4.04. The van der Waals surface area contributed by atoms with Crippen molar-refractivity contribution in [1.82, 2.24) is 4.98 Å². The highest BCUT2D eigenvalue weighted by Crippen LogP contribution is 2.11. The van der Waals surface area contributed by atoms with Gasteiger partial charge < -0.3 is 4.74 Å². The second-order valence-electron chi connectivity index (χ2n) is 2.08. The molecule has 0 fully saturated rings. The largest absolute Gasteiger partial charge is 0.417 e. The SMILES string of the molecule is [B]Cc1ccnc(OC(F)F)c1. The van der Waals surface area contributed by atoms with E-state index in [1.54, 1.807) is 6.07 Å². The van der Waals surface area contributed by atoms with Crippen LogP contribution >= 0.6 is 0 Å². The number of rotatable bonds is 3. The Morgan fingerprint density at radius 1 is 1.58 bits per heavy atom. The Balaban J connectivity index is 2.72. The standard InChI is InChI=1S/C7H6BF2NO/c8-4-5-1-2-11-6(3-5)12-7(9)10/h1-3,7H,4H2. The summed E-state index contributed by atoms with van der Waals surface area (Å²) < 4.78 is 27.4. The fourth-order valence-electron chi connectivity index (χ4n) is 0.733. The third-order valence-electron chi connectivity index (χ3n) is 1.24. The molecular weight excluding hydrogens is 163 g/mol. The van der Waals surface area contributed by atoms with Crippen molar-refractivity contribution in [3.8, 4) is 5.88 Å². The molecule has 0 aliphatic rings. The van der Waals surface area contributed by atoms with Crippen molar-refractivity contribution in [2.75, 3.05) is 0 Å². The number of nitrogens with zero attached hydrogens (tertiary/aromatic N) is 1. The molecule has 0 spiro atoms. The van der Waals surface area contributed by atoms with E-state index in [2.05, 4.69) is 9.72 Å². The number of hydrogen-bond acceptors (Lipinski definition) is 2. The molecule has 1 rings (SSSR count). The van der Waals surface area contributed by atoms with Gasteiger partial charge >= 0.3 is 6.61 Å². The summed E-state index contributed by atoms with van der Waals surface area (Å²) in [6.07, 6.45) is 1.65. The number of aromatic nitrogens is 1. The minimum Gasteiger partial charge on any atom is -0.417 e. The molecule has 0 amide bonds. The third kappa shape index (κ3) is 2.49. The van der Waals surface area contributed by atoms with Gasteiger partial charge in [0, 0.05) is 12.3 Å². The number of alkyl halides is 2. The molecule has 0 saturated carbocycles. The summed E-state index contributed by atoms with van der Waals surface area (Å²) in [5.41, 5.74) is 0.709. The molecule has 0 aliphatic carbocycles. The van der Waals surface area contributed by atoms with Crippen LogP contribution in [0.1, 0.15) is 5.56 Å². The van der Waals surface area contributed by atoms with Crippen LogP contribution in [-0.2, 0) is 6.32 Å². The summed E-state index contributed by atoms with van der Waals surface area (Å²) in [6, 6.07) is 3.02. The zero-order valence-corrected chi connectivity index (χ0v) is 6.21. The lowest BCUT2D eigenvalue weighted by atomic mass is 9.98. The van der Waals surface area contributed by atoms with Crippen LogP contribution in [0.15, 0.2) is 18.3 Å². The van der Waals surface area contributed by atoms with Crippen LogP contribution < -0.4 is 4.74 Å². The first-order valence-electron chi connectivity index (χ1n) is 3.32. The van der Waals surface area contributed by atoms with Gasteiger partial charge in [-0.2, -0.15) is 8.78 Å². The molecule has 62 valence electrons. The first-order valence-corrected chi connectivity index (χ1v) is 3.32. The third-order valence-corrected chi connectivity index (χ3v) is 1.24. The Bertz CT molecular complexity index is 257. The van der Waals surface area contributed by atoms with Crippen molar-refractivity contribution < 1.29 is 13.5 Å². The van der Waals surface area contributed by atoms with Gasteiger partial charge in [0.2, 0.25) is 5.88 Å². The van der Waals surface area contributed by atoms with Gasteiger partial charge in [-0.15, -0.1) is 0 Å². The van der Waals surface area contributed by atoms with Crippen molar-refractivity contribution in [2.24, 2.45) is 0 Å². The normalized spacial score (nSPS) is 10.2. The topological polar surface area (TPSA) is 22.1 Å². The molecule has 2 nitrogen and oxygen atoms in total. The second-order valence-corrected chi connectivity index (χ2v) is 2.08.